The van der Waals surface area contributed by atoms with E-state index < -0.39 is 15.8 Å². The van der Waals surface area contributed by atoms with Crippen LogP contribution in [0.25, 0.3) is 0 Å². The molecule has 1 aromatic heterocycles. The zero-order valence-corrected chi connectivity index (χ0v) is 14.9. The SMILES string of the molecule is O=S(=O)(c1ccc2c(c1)OCO2)N(Cc1cccnc1)c1cccc(F)c1. The first-order valence-corrected chi connectivity index (χ1v) is 9.55. The van der Waals surface area contributed by atoms with Crippen LogP contribution < -0.4 is 13.8 Å². The van der Waals surface area contributed by atoms with Gasteiger partial charge in [0, 0.05) is 18.5 Å². The van der Waals surface area contributed by atoms with Gasteiger partial charge in [-0.05, 0) is 42.0 Å². The topological polar surface area (TPSA) is 68.7 Å². The van der Waals surface area contributed by atoms with Crippen molar-refractivity contribution >= 4 is 15.7 Å². The Morgan fingerprint density at radius 2 is 1.89 bits per heavy atom. The number of ether oxygens (including phenoxy) is 2. The van der Waals surface area contributed by atoms with E-state index in [1.807, 2.05) is 0 Å². The maximum atomic E-state index is 13.8. The molecular weight excluding hydrogens is 371 g/mol. The van der Waals surface area contributed by atoms with Crippen molar-refractivity contribution in [3.05, 3.63) is 78.4 Å². The van der Waals surface area contributed by atoms with E-state index in [0.717, 1.165) is 4.31 Å². The highest BCUT2D eigenvalue weighted by atomic mass is 32.2. The van der Waals surface area contributed by atoms with Gasteiger partial charge in [0.25, 0.3) is 10.0 Å². The molecule has 0 N–H and O–H groups in total. The van der Waals surface area contributed by atoms with Gasteiger partial charge in [0.15, 0.2) is 11.5 Å². The van der Waals surface area contributed by atoms with Gasteiger partial charge < -0.3 is 9.47 Å². The van der Waals surface area contributed by atoms with E-state index in [1.54, 1.807) is 36.7 Å². The molecule has 8 heteroatoms. The predicted octanol–water partition coefficient (Wildman–Crippen LogP) is 3.34. The first kappa shape index (κ1) is 17.3. The lowest BCUT2D eigenvalue weighted by atomic mass is 10.2. The van der Waals surface area contributed by atoms with Gasteiger partial charge in [0.2, 0.25) is 6.79 Å². The van der Waals surface area contributed by atoms with Gasteiger partial charge in [-0.15, -0.1) is 0 Å². The van der Waals surface area contributed by atoms with E-state index in [1.165, 1.54) is 30.3 Å². The average Bonchev–Trinajstić information content (AvgIpc) is 3.14. The van der Waals surface area contributed by atoms with Crippen molar-refractivity contribution in [1.82, 2.24) is 4.98 Å². The Labute approximate surface area is 155 Å². The molecule has 0 radical (unpaired) electrons. The van der Waals surface area contributed by atoms with Crippen LogP contribution >= 0.6 is 0 Å². The minimum Gasteiger partial charge on any atom is -0.454 e. The smallest absolute Gasteiger partial charge is 0.264 e. The van der Waals surface area contributed by atoms with Gasteiger partial charge in [0.05, 0.1) is 17.1 Å². The Hall–Kier alpha value is -3.13. The molecule has 2 heterocycles. The fourth-order valence-corrected chi connectivity index (χ4v) is 4.23. The van der Waals surface area contributed by atoms with Gasteiger partial charge >= 0.3 is 0 Å². The van der Waals surface area contributed by atoms with E-state index in [-0.39, 0.29) is 23.9 Å². The summed E-state index contributed by atoms with van der Waals surface area (Å²) in [5.41, 5.74) is 0.891. The number of sulfonamides is 1. The van der Waals surface area contributed by atoms with Crippen molar-refractivity contribution in [2.24, 2.45) is 0 Å². The van der Waals surface area contributed by atoms with Gasteiger partial charge in [0.1, 0.15) is 5.82 Å². The van der Waals surface area contributed by atoms with Crippen LogP contribution in [0.5, 0.6) is 11.5 Å². The summed E-state index contributed by atoms with van der Waals surface area (Å²) < 4.78 is 52.1. The first-order valence-electron chi connectivity index (χ1n) is 8.11. The van der Waals surface area contributed by atoms with Crippen LogP contribution in [0.2, 0.25) is 0 Å². The molecule has 2 aromatic carbocycles. The predicted molar refractivity (Wildman–Crippen MR) is 96.6 cm³/mol. The summed E-state index contributed by atoms with van der Waals surface area (Å²) in [6.07, 6.45) is 3.17. The molecule has 0 saturated heterocycles. The van der Waals surface area contributed by atoms with E-state index in [2.05, 4.69) is 4.98 Å². The molecule has 0 spiro atoms. The standard InChI is InChI=1S/C19H15FN2O4S/c20-15-4-1-5-16(9-15)22(12-14-3-2-8-21-11-14)27(23,24)17-6-7-18-19(10-17)26-13-25-18/h1-11H,12-13H2. The highest BCUT2D eigenvalue weighted by Crippen LogP contribution is 2.36. The van der Waals surface area contributed by atoms with E-state index in [4.69, 9.17) is 9.47 Å². The molecule has 0 fully saturated rings. The van der Waals surface area contributed by atoms with Gasteiger partial charge in [-0.25, -0.2) is 12.8 Å². The lowest BCUT2D eigenvalue weighted by Crippen LogP contribution is -2.30. The summed E-state index contributed by atoms with van der Waals surface area (Å²) in [7, 11) is -3.99. The number of hydrogen-bond donors (Lipinski definition) is 0. The van der Waals surface area contributed by atoms with E-state index in [9.17, 15) is 12.8 Å². The Morgan fingerprint density at radius 3 is 2.67 bits per heavy atom. The second kappa shape index (κ2) is 6.88. The quantitative estimate of drug-likeness (QED) is 0.673. The third kappa shape index (κ3) is 3.43. The molecule has 0 bridgehead atoms. The van der Waals surface area contributed by atoms with Crippen molar-refractivity contribution < 1.29 is 22.3 Å². The fraction of sp³-hybridized carbons (Fsp3) is 0.105. The summed E-state index contributed by atoms with van der Waals surface area (Å²) in [5, 5.41) is 0. The maximum Gasteiger partial charge on any atom is 0.264 e. The Morgan fingerprint density at radius 1 is 1.04 bits per heavy atom. The third-order valence-corrected chi connectivity index (χ3v) is 5.85. The van der Waals surface area contributed by atoms with Gasteiger partial charge in [-0.2, -0.15) is 0 Å². The monoisotopic (exact) mass is 386 g/mol. The van der Waals surface area contributed by atoms with Gasteiger partial charge in [-0.1, -0.05) is 12.1 Å². The second-order valence-electron chi connectivity index (χ2n) is 5.87. The number of rotatable bonds is 5. The van der Waals surface area contributed by atoms with Crippen molar-refractivity contribution in [2.45, 2.75) is 11.4 Å². The molecule has 1 aliphatic heterocycles. The van der Waals surface area contributed by atoms with Crippen LogP contribution in [0.4, 0.5) is 10.1 Å². The number of nitrogens with zero attached hydrogens (tertiary/aromatic N) is 2. The summed E-state index contributed by atoms with van der Waals surface area (Å²) in [6.45, 7) is 0.0518. The summed E-state index contributed by atoms with van der Waals surface area (Å²) in [6, 6.07) is 13.3. The van der Waals surface area contributed by atoms with Crippen molar-refractivity contribution in [3.63, 3.8) is 0 Å². The number of aromatic nitrogens is 1. The van der Waals surface area contributed by atoms with Gasteiger partial charge in [-0.3, -0.25) is 9.29 Å². The maximum absolute atomic E-state index is 13.8. The van der Waals surface area contributed by atoms with Crippen molar-refractivity contribution in [1.29, 1.82) is 0 Å². The number of anilines is 1. The number of hydrogen-bond acceptors (Lipinski definition) is 5. The lowest BCUT2D eigenvalue weighted by molar-refractivity contribution is 0.174. The molecule has 4 rings (SSSR count). The Kier molecular flexibility index (Phi) is 4.41. The van der Waals surface area contributed by atoms with Crippen molar-refractivity contribution in [3.8, 4) is 11.5 Å². The second-order valence-corrected chi connectivity index (χ2v) is 7.73. The van der Waals surface area contributed by atoms with Crippen LogP contribution in [-0.2, 0) is 16.6 Å². The first-order chi connectivity index (χ1) is 13.0. The number of benzene rings is 2. The number of pyridine rings is 1. The molecule has 0 unspecified atom stereocenters. The van der Waals surface area contributed by atoms with Crippen LogP contribution in [0.1, 0.15) is 5.56 Å². The van der Waals surface area contributed by atoms with Crippen LogP contribution in [-0.4, -0.2) is 20.2 Å². The largest absolute Gasteiger partial charge is 0.454 e. The highest BCUT2D eigenvalue weighted by Gasteiger charge is 2.28. The molecule has 0 atom stereocenters. The van der Waals surface area contributed by atoms with E-state index in [0.29, 0.717) is 17.1 Å². The molecular formula is C19H15FN2O4S. The van der Waals surface area contributed by atoms with Crippen LogP contribution in [0.3, 0.4) is 0 Å². The average molecular weight is 386 g/mol. The normalized spacial score (nSPS) is 12.8. The Bertz CT molecular complexity index is 1070. The molecule has 27 heavy (non-hydrogen) atoms. The molecule has 1 aliphatic rings. The third-order valence-electron chi connectivity index (χ3n) is 4.08. The fourth-order valence-electron chi connectivity index (χ4n) is 2.77. The summed E-state index contributed by atoms with van der Waals surface area (Å²) >= 11 is 0. The summed E-state index contributed by atoms with van der Waals surface area (Å²) in [5.74, 6) is 0.319. The van der Waals surface area contributed by atoms with Crippen molar-refractivity contribution in [2.75, 3.05) is 11.1 Å². The minimum absolute atomic E-state index is 0.00800. The van der Waals surface area contributed by atoms with Crippen LogP contribution in [0, 0.1) is 5.82 Å². The zero-order valence-electron chi connectivity index (χ0n) is 14.1. The molecule has 0 saturated carbocycles. The van der Waals surface area contributed by atoms with Crippen LogP contribution in [0.15, 0.2) is 71.9 Å². The molecule has 3 aromatic rings. The molecule has 0 amide bonds. The molecule has 6 nitrogen and oxygen atoms in total. The molecule has 0 aliphatic carbocycles. The number of halogens is 1. The molecule has 138 valence electrons. The van der Waals surface area contributed by atoms with E-state index >= 15 is 0 Å². The highest BCUT2D eigenvalue weighted by molar-refractivity contribution is 7.92. The zero-order chi connectivity index (χ0) is 18.9. The minimum atomic E-state index is -3.99. The lowest BCUT2D eigenvalue weighted by Gasteiger charge is -2.24. The number of fused-ring (bicyclic) bond motifs is 1. The Balaban J connectivity index is 1.79. The summed E-state index contributed by atoms with van der Waals surface area (Å²) in [4.78, 5) is 4.05.